The van der Waals surface area contributed by atoms with Crippen molar-refractivity contribution in [3.8, 4) is 0 Å². The molecule has 2 nitrogen and oxygen atoms in total. The molecule has 3 unspecified atom stereocenters. The molecule has 2 aliphatic rings. The molecule has 1 fully saturated rings. The van der Waals surface area contributed by atoms with E-state index in [0.717, 1.165) is 6.29 Å². The molecule has 2 rings (SSSR count). The summed E-state index contributed by atoms with van der Waals surface area (Å²) in [5.41, 5.74) is 0.149. The Bertz CT molecular complexity index is 297. The molecule has 1 aliphatic carbocycles. The number of nitrogens with one attached hydrogen (secondary N) is 1. The molecule has 0 saturated heterocycles. The highest BCUT2D eigenvalue weighted by Crippen LogP contribution is 2.46. The van der Waals surface area contributed by atoms with Crippen LogP contribution in [-0.4, -0.2) is 18.0 Å². The second-order valence-corrected chi connectivity index (χ2v) is 3.80. The predicted molar refractivity (Wildman–Crippen MR) is 47.8 cm³/mol. The standard InChI is InChI=1S/C10H12FNO/c1-10(8-5-9(8)11)7(6-13)3-2-4-12-10/h2-4,6,8-9,12H,5H2,1H3. The van der Waals surface area contributed by atoms with Crippen molar-refractivity contribution in [2.45, 2.75) is 25.1 Å². The number of hydrogen-bond acceptors (Lipinski definition) is 2. The van der Waals surface area contributed by atoms with Crippen LogP contribution in [-0.2, 0) is 4.79 Å². The fourth-order valence-corrected chi connectivity index (χ4v) is 1.87. The molecule has 0 bridgehead atoms. The Kier molecular flexibility index (Phi) is 1.75. The van der Waals surface area contributed by atoms with Gasteiger partial charge in [0.1, 0.15) is 12.5 Å². The Morgan fingerprint density at radius 3 is 3.00 bits per heavy atom. The van der Waals surface area contributed by atoms with E-state index < -0.39 is 11.7 Å². The molecule has 1 aliphatic heterocycles. The van der Waals surface area contributed by atoms with Crippen molar-refractivity contribution in [2.75, 3.05) is 0 Å². The number of aldehydes is 1. The SMILES string of the molecule is CC1(C2CC2F)NC=CC=C1C=O. The smallest absolute Gasteiger partial charge is 0.148 e. The number of dihydropyridines is 1. The summed E-state index contributed by atoms with van der Waals surface area (Å²) in [5.74, 6) is -0.0473. The number of allylic oxidation sites excluding steroid dienone is 2. The van der Waals surface area contributed by atoms with E-state index in [9.17, 15) is 9.18 Å². The van der Waals surface area contributed by atoms with Gasteiger partial charge in [-0.15, -0.1) is 0 Å². The van der Waals surface area contributed by atoms with E-state index in [0.29, 0.717) is 12.0 Å². The van der Waals surface area contributed by atoms with Crippen LogP contribution in [0.5, 0.6) is 0 Å². The van der Waals surface area contributed by atoms with Crippen LogP contribution < -0.4 is 5.32 Å². The van der Waals surface area contributed by atoms with Crippen molar-refractivity contribution < 1.29 is 9.18 Å². The van der Waals surface area contributed by atoms with Gasteiger partial charge in [-0.1, -0.05) is 6.08 Å². The summed E-state index contributed by atoms with van der Waals surface area (Å²) in [4.78, 5) is 10.7. The van der Waals surface area contributed by atoms with Gasteiger partial charge in [-0.05, 0) is 25.6 Å². The highest BCUT2D eigenvalue weighted by Gasteiger charge is 2.52. The van der Waals surface area contributed by atoms with E-state index in [1.54, 1.807) is 18.4 Å². The lowest BCUT2D eigenvalue weighted by Crippen LogP contribution is -2.45. The van der Waals surface area contributed by atoms with Crippen molar-refractivity contribution in [1.82, 2.24) is 5.32 Å². The first-order valence-corrected chi connectivity index (χ1v) is 4.43. The first kappa shape index (κ1) is 8.48. The van der Waals surface area contributed by atoms with Crippen LogP contribution in [0.15, 0.2) is 23.9 Å². The molecule has 1 N–H and O–H groups in total. The first-order valence-electron chi connectivity index (χ1n) is 4.43. The molecule has 13 heavy (non-hydrogen) atoms. The zero-order valence-corrected chi connectivity index (χ0v) is 7.46. The third kappa shape index (κ3) is 1.19. The molecule has 70 valence electrons. The van der Waals surface area contributed by atoms with E-state index >= 15 is 0 Å². The lowest BCUT2D eigenvalue weighted by atomic mass is 9.85. The molecular formula is C10H12FNO. The molecule has 1 saturated carbocycles. The third-order valence-corrected chi connectivity index (χ3v) is 2.94. The minimum atomic E-state index is -0.757. The Balaban J connectivity index is 2.26. The normalized spacial score (nSPS) is 42.2. The van der Waals surface area contributed by atoms with Crippen LogP contribution in [0.1, 0.15) is 13.3 Å². The quantitative estimate of drug-likeness (QED) is 0.651. The van der Waals surface area contributed by atoms with E-state index in [1.165, 1.54) is 0 Å². The summed E-state index contributed by atoms with van der Waals surface area (Å²) in [6.45, 7) is 1.88. The van der Waals surface area contributed by atoms with Crippen molar-refractivity contribution >= 4 is 6.29 Å². The molecule has 3 heteroatoms. The lowest BCUT2D eigenvalue weighted by molar-refractivity contribution is -0.105. The van der Waals surface area contributed by atoms with Gasteiger partial charge >= 0.3 is 0 Å². The summed E-state index contributed by atoms with van der Waals surface area (Å²) in [5, 5.41) is 3.07. The molecule has 0 aromatic rings. The molecular weight excluding hydrogens is 169 g/mol. The second kappa shape index (κ2) is 2.69. The van der Waals surface area contributed by atoms with Gasteiger partial charge in [-0.25, -0.2) is 4.39 Å². The number of rotatable bonds is 2. The Morgan fingerprint density at radius 1 is 1.77 bits per heavy atom. The van der Waals surface area contributed by atoms with Gasteiger partial charge in [-0.3, -0.25) is 4.79 Å². The van der Waals surface area contributed by atoms with Gasteiger partial charge in [0, 0.05) is 11.5 Å². The molecule has 0 amide bonds. The fraction of sp³-hybridized carbons (Fsp3) is 0.500. The summed E-state index contributed by atoms with van der Waals surface area (Å²) < 4.78 is 12.9. The van der Waals surface area contributed by atoms with Crippen LogP contribution in [0.4, 0.5) is 4.39 Å². The second-order valence-electron chi connectivity index (χ2n) is 3.80. The van der Waals surface area contributed by atoms with E-state index in [1.807, 2.05) is 6.92 Å². The average Bonchev–Trinajstić information content (AvgIpc) is 2.84. The van der Waals surface area contributed by atoms with Crippen LogP contribution in [0.2, 0.25) is 0 Å². The van der Waals surface area contributed by atoms with E-state index in [4.69, 9.17) is 0 Å². The first-order chi connectivity index (χ1) is 6.18. The zero-order chi connectivity index (χ0) is 9.47. The topological polar surface area (TPSA) is 29.1 Å². The lowest BCUT2D eigenvalue weighted by Gasteiger charge is -2.32. The maximum Gasteiger partial charge on any atom is 0.148 e. The predicted octanol–water partition coefficient (Wildman–Crippen LogP) is 1.35. The number of carbonyl (C=O) groups is 1. The summed E-state index contributed by atoms with van der Waals surface area (Å²) in [6.07, 6.45) is 5.88. The molecule has 0 aromatic carbocycles. The van der Waals surface area contributed by atoms with Crippen LogP contribution >= 0.6 is 0 Å². The molecule has 1 heterocycles. The number of halogens is 1. The molecule has 0 spiro atoms. The maximum absolute atomic E-state index is 12.9. The minimum absolute atomic E-state index is 0.0473. The van der Waals surface area contributed by atoms with Gasteiger partial charge in [-0.2, -0.15) is 0 Å². The highest BCUT2D eigenvalue weighted by atomic mass is 19.1. The average molecular weight is 181 g/mol. The summed E-state index contributed by atoms with van der Waals surface area (Å²) in [7, 11) is 0. The van der Waals surface area contributed by atoms with Gasteiger partial charge in [0.2, 0.25) is 0 Å². The van der Waals surface area contributed by atoms with Crippen LogP contribution in [0.3, 0.4) is 0 Å². The Labute approximate surface area is 76.5 Å². The molecule has 3 atom stereocenters. The maximum atomic E-state index is 12.9. The van der Waals surface area contributed by atoms with Gasteiger partial charge in [0.05, 0.1) is 5.54 Å². The van der Waals surface area contributed by atoms with Crippen molar-refractivity contribution in [2.24, 2.45) is 5.92 Å². The Morgan fingerprint density at radius 2 is 2.46 bits per heavy atom. The Hall–Kier alpha value is -1.12. The highest BCUT2D eigenvalue weighted by molar-refractivity contribution is 5.78. The van der Waals surface area contributed by atoms with Gasteiger partial charge in [0.15, 0.2) is 0 Å². The van der Waals surface area contributed by atoms with Gasteiger partial charge in [0.25, 0.3) is 0 Å². The monoisotopic (exact) mass is 181 g/mol. The summed E-state index contributed by atoms with van der Waals surface area (Å²) >= 11 is 0. The van der Waals surface area contributed by atoms with Crippen molar-refractivity contribution in [3.05, 3.63) is 23.9 Å². The largest absolute Gasteiger partial charge is 0.381 e. The van der Waals surface area contributed by atoms with Crippen molar-refractivity contribution in [1.29, 1.82) is 0 Å². The number of hydrogen-bond donors (Lipinski definition) is 1. The molecule has 0 aromatic heterocycles. The third-order valence-electron chi connectivity index (χ3n) is 2.94. The van der Waals surface area contributed by atoms with E-state index in [2.05, 4.69) is 5.32 Å². The van der Waals surface area contributed by atoms with Crippen molar-refractivity contribution in [3.63, 3.8) is 0 Å². The van der Waals surface area contributed by atoms with E-state index in [-0.39, 0.29) is 5.92 Å². The minimum Gasteiger partial charge on any atom is -0.381 e. The molecule has 0 radical (unpaired) electrons. The number of carbonyl (C=O) groups excluding carboxylic acids is 1. The zero-order valence-electron chi connectivity index (χ0n) is 7.46. The fourth-order valence-electron chi connectivity index (χ4n) is 1.87. The summed E-state index contributed by atoms with van der Waals surface area (Å²) in [6, 6.07) is 0. The number of alkyl halides is 1. The van der Waals surface area contributed by atoms with Gasteiger partial charge < -0.3 is 5.32 Å². The van der Waals surface area contributed by atoms with Crippen LogP contribution in [0, 0.1) is 5.92 Å². The van der Waals surface area contributed by atoms with Crippen LogP contribution in [0.25, 0.3) is 0 Å².